The van der Waals surface area contributed by atoms with Crippen LogP contribution in [0.15, 0.2) is 59.8 Å². The highest BCUT2D eigenvalue weighted by Crippen LogP contribution is 2.18. The highest BCUT2D eigenvalue weighted by Gasteiger charge is 2.17. The van der Waals surface area contributed by atoms with E-state index in [4.69, 9.17) is 23.2 Å². The summed E-state index contributed by atoms with van der Waals surface area (Å²) in [6.07, 6.45) is 3.81. The van der Waals surface area contributed by atoms with E-state index in [2.05, 4.69) is 25.9 Å². The van der Waals surface area contributed by atoms with Gasteiger partial charge in [0.1, 0.15) is 5.15 Å². The second-order valence-electron chi connectivity index (χ2n) is 5.45. The zero-order chi connectivity index (χ0) is 20.0. The van der Waals surface area contributed by atoms with Crippen molar-refractivity contribution in [2.75, 3.05) is 6.26 Å². The van der Waals surface area contributed by atoms with E-state index in [9.17, 15) is 13.2 Å². The molecule has 3 rings (SSSR count). The van der Waals surface area contributed by atoms with Gasteiger partial charge in [0.05, 0.1) is 16.2 Å². The summed E-state index contributed by atoms with van der Waals surface area (Å²) < 4.78 is 22.6. The normalized spacial score (nSPS) is 10.8. The number of ketones is 1. The maximum Gasteiger partial charge on any atom is 0.212 e. The van der Waals surface area contributed by atoms with Crippen LogP contribution in [0.3, 0.4) is 0 Å². The Morgan fingerprint density at radius 1 is 1.19 bits per heavy atom. The summed E-state index contributed by atoms with van der Waals surface area (Å²) >= 11 is 14.8. The van der Waals surface area contributed by atoms with E-state index < -0.39 is 15.6 Å². The molecule has 0 atom stereocenters. The van der Waals surface area contributed by atoms with Crippen LogP contribution < -0.4 is 0 Å². The monoisotopic (exact) mass is 488 g/mol. The number of carbonyl (C=O) groups excluding carboxylic acids is 1. The van der Waals surface area contributed by atoms with E-state index in [-0.39, 0.29) is 21.3 Å². The van der Waals surface area contributed by atoms with E-state index in [0.29, 0.717) is 0 Å². The van der Waals surface area contributed by atoms with Gasteiger partial charge in [-0.05, 0) is 35.9 Å². The number of hydrogen-bond acceptors (Lipinski definition) is 4. The van der Waals surface area contributed by atoms with Gasteiger partial charge in [0, 0.05) is 29.0 Å². The fourth-order valence-corrected chi connectivity index (χ4v) is 3.30. The minimum absolute atomic E-state index is 0.0610. The van der Waals surface area contributed by atoms with Crippen LogP contribution in [0.2, 0.25) is 10.2 Å². The van der Waals surface area contributed by atoms with Gasteiger partial charge in [-0.25, -0.2) is 13.4 Å². The van der Waals surface area contributed by atoms with Crippen LogP contribution in [0.5, 0.6) is 0 Å². The standard InChI is InChI=1S/C11H9ClN2O3S.C7H6BrCl/c1-18(16,17)7-5-9(14-6-7)10(15)8-3-2-4-13-11(8)12;8-5-6-1-3-7(9)4-2-6/h2-6,14H,1H3;1-4H,5H2. The number of aromatic amines is 1. The summed E-state index contributed by atoms with van der Waals surface area (Å²) in [5.41, 5.74) is 1.63. The molecule has 27 heavy (non-hydrogen) atoms. The average Bonchev–Trinajstić information content (AvgIpc) is 3.13. The molecule has 9 heteroatoms. The zero-order valence-corrected chi connectivity index (χ0v) is 18.0. The van der Waals surface area contributed by atoms with Gasteiger partial charge in [-0.3, -0.25) is 4.79 Å². The van der Waals surface area contributed by atoms with Crippen LogP contribution >= 0.6 is 39.1 Å². The van der Waals surface area contributed by atoms with Crippen molar-refractivity contribution >= 4 is 54.8 Å². The van der Waals surface area contributed by atoms with Crippen molar-refractivity contribution in [3.8, 4) is 0 Å². The third kappa shape index (κ3) is 6.17. The largest absolute Gasteiger partial charge is 0.357 e. The summed E-state index contributed by atoms with van der Waals surface area (Å²) in [5.74, 6) is -0.400. The molecule has 1 aromatic carbocycles. The quantitative estimate of drug-likeness (QED) is 0.320. The highest BCUT2D eigenvalue weighted by molar-refractivity contribution is 9.08. The van der Waals surface area contributed by atoms with Gasteiger partial charge in [0.2, 0.25) is 5.78 Å². The molecule has 142 valence electrons. The zero-order valence-electron chi connectivity index (χ0n) is 14.1. The first kappa shape index (κ1) is 21.6. The Balaban J connectivity index is 0.000000244. The average molecular weight is 490 g/mol. The van der Waals surface area contributed by atoms with Crippen LogP contribution in [0.4, 0.5) is 0 Å². The van der Waals surface area contributed by atoms with Crippen molar-refractivity contribution in [3.63, 3.8) is 0 Å². The van der Waals surface area contributed by atoms with Gasteiger partial charge in [0.15, 0.2) is 9.84 Å². The third-order valence-electron chi connectivity index (χ3n) is 3.40. The van der Waals surface area contributed by atoms with E-state index in [1.807, 2.05) is 24.3 Å². The van der Waals surface area contributed by atoms with Crippen molar-refractivity contribution in [3.05, 3.63) is 81.9 Å². The number of H-pyrrole nitrogens is 1. The lowest BCUT2D eigenvalue weighted by molar-refractivity contribution is 0.103. The number of sulfone groups is 1. The Hall–Kier alpha value is -1.67. The number of hydrogen-bond donors (Lipinski definition) is 1. The summed E-state index contributed by atoms with van der Waals surface area (Å²) in [6.45, 7) is 0. The number of nitrogens with zero attached hydrogens (tertiary/aromatic N) is 1. The minimum Gasteiger partial charge on any atom is -0.357 e. The maximum atomic E-state index is 12.1. The molecule has 0 radical (unpaired) electrons. The van der Waals surface area contributed by atoms with Crippen LogP contribution in [0.25, 0.3) is 0 Å². The summed E-state index contributed by atoms with van der Waals surface area (Å²) in [6, 6.07) is 12.2. The van der Waals surface area contributed by atoms with Crippen molar-refractivity contribution in [1.29, 1.82) is 0 Å². The first-order chi connectivity index (χ1) is 12.7. The topological polar surface area (TPSA) is 79.9 Å². The molecule has 0 saturated carbocycles. The molecule has 0 aliphatic heterocycles. The van der Waals surface area contributed by atoms with Gasteiger partial charge in [-0.1, -0.05) is 51.3 Å². The lowest BCUT2D eigenvalue weighted by atomic mass is 10.1. The van der Waals surface area contributed by atoms with Gasteiger partial charge < -0.3 is 4.98 Å². The fraction of sp³-hybridized carbons (Fsp3) is 0.111. The molecular weight excluding hydrogens is 475 g/mol. The number of halogens is 3. The predicted octanol–water partition coefficient (Wildman–Crippen LogP) is 4.93. The van der Waals surface area contributed by atoms with Crippen molar-refractivity contribution in [2.24, 2.45) is 0 Å². The molecule has 0 fully saturated rings. The molecule has 0 aliphatic rings. The Morgan fingerprint density at radius 3 is 2.37 bits per heavy atom. The van der Waals surface area contributed by atoms with E-state index in [1.54, 1.807) is 6.07 Å². The first-order valence-electron chi connectivity index (χ1n) is 7.56. The number of benzene rings is 1. The molecule has 0 aliphatic carbocycles. The Morgan fingerprint density at radius 2 is 1.85 bits per heavy atom. The maximum absolute atomic E-state index is 12.1. The molecule has 2 aromatic heterocycles. The lowest BCUT2D eigenvalue weighted by Gasteiger charge is -1.99. The Bertz CT molecular complexity index is 1030. The van der Waals surface area contributed by atoms with Gasteiger partial charge in [-0.2, -0.15) is 0 Å². The fourth-order valence-electron chi connectivity index (χ4n) is 1.99. The SMILES string of the molecule is CS(=O)(=O)c1c[nH]c(C(=O)c2cccnc2Cl)c1.Clc1ccc(CBr)cc1. The molecule has 2 heterocycles. The third-order valence-corrected chi connectivity index (χ3v) is 5.69. The number of aromatic nitrogens is 2. The van der Waals surface area contributed by atoms with E-state index >= 15 is 0 Å². The Kier molecular flexibility index (Phi) is 7.61. The number of rotatable bonds is 4. The molecule has 0 spiro atoms. The summed E-state index contributed by atoms with van der Waals surface area (Å²) in [5, 5.41) is 1.77. The summed E-state index contributed by atoms with van der Waals surface area (Å²) in [7, 11) is -3.34. The van der Waals surface area contributed by atoms with Crippen molar-refractivity contribution in [1.82, 2.24) is 9.97 Å². The van der Waals surface area contributed by atoms with Crippen molar-refractivity contribution in [2.45, 2.75) is 10.2 Å². The molecule has 1 N–H and O–H groups in total. The number of nitrogens with one attached hydrogen (secondary N) is 1. The predicted molar refractivity (Wildman–Crippen MR) is 111 cm³/mol. The molecule has 0 bridgehead atoms. The molecule has 0 amide bonds. The second-order valence-corrected chi connectivity index (χ2v) is 8.82. The van der Waals surface area contributed by atoms with E-state index in [1.165, 1.54) is 30.1 Å². The molecule has 3 aromatic rings. The molecule has 0 saturated heterocycles. The van der Waals surface area contributed by atoms with Crippen LogP contribution in [0.1, 0.15) is 21.6 Å². The van der Waals surface area contributed by atoms with Gasteiger partial charge >= 0.3 is 0 Å². The highest BCUT2D eigenvalue weighted by atomic mass is 79.9. The van der Waals surface area contributed by atoms with Gasteiger partial charge in [0.25, 0.3) is 0 Å². The van der Waals surface area contributed by atoms with Crippen LogP contribution in [0, 0.1) is 0 Å². The molecule has 5 nitrogen and oxygen atoms in total. The molecular formula is C18H15BrCl2N2O3S. The van der Waals surface area contributed by atoms with Gasteiger partial charge in [-0.15, -0.1) is 0 Å². The van der Waals surface area contributed by atoms with Crippen molar-refractivity contribution < 1.29 is 13.2 Å². The smallest absolute Gasteiger partial charge is 0.212 e. The summed E-state index contributed by atoms with van der Waals surface area (Å²) in [4.78, 5) is 18.5. The lowest BCUT2D eigenvalue weighted by Crippen LogP contribution is -2.03. The first-order valence-corrected chi connectivity index (χ1v) is 11.3. The minimum atomic E-state index is -3.34. The molecule has 0 unspecified atom stereocenters. The van der Waals surface area contributed by atoms with Crippen LogP contribution in [-0.2, 0) is 15.2 Å². The number of carbonyl (C=O) groups is 1. The number of pyridine rings is 1. The van der Waals surface area contributed by atoms with Crippen LogP contribution in [-0.4, -0.2) is 30.4 Å². The second kappa shape index (κ2) is 9.50. The van der Waals surface area contributed by atoms with E-state index in [0.717, 1.165) is 16.6 Å². The Labute approximate surface area is 175 Å². The number of alkyl halides is 1.